The molecule has 1 N–H and O–H groups in total. The quantitative estimate of drug-likeness (QED) is 0.530. The Hall–Kier alpha value is -3.55. The number of aryl methyl sites for hydroxylation is 1. The number of nitrogens with one attached hydrogen (secondary N) is 1. The molecule has 0 spiro atoms. The van der Waals surface area contributed by atoms with Crippen LogP contribution in [0.15, 0.2) is 48.5 Å². The molecule has 0 aliphatic heterocycles. The van der Waals surface area contributed by atoms with Crippen molar-refractivity contribution in [3.63, 3.8) is 0 Å². The SMILES string of the molecule is CCC(F)(F)c1cccc(NC(=O)c2c(C)nn(-c3ccc(OC)cc3)c2C(C)=O)c1. The van der Waals surface area contributed by atoms with E-state index in [0.717, 1.165) is 0 Å². The maximum atomic E-state index is 14.0. The predicted octanol–water partition coefficient (Wildman–Crippen LogP) is 5.15. The third kappa shape index (κ3) is 4.47. The van der Waals surface area contributed by atoms with Crippen LogP contribution in [-0.4, -0.2) is 28.6 Å². The van der Waals surface area contributed by atoms with Gasteiger partial charge in [0.25, 0.3) is 11.8 Å². The Morgan fingerprint density at radius 3 is 2.42 bits per heavy atom. The van der Waals surface area contributed by atoms with Gasteiger partial charge in [-0.3, -0.25) is 9.59 Å². The number of benzene rings is 2. The number of nitrogens with zero attached hydrogens (tertiary/aromatic N) is 2. The summed E-state index contributed by atoms with van der Waals surface area (Å²) in [5, 5.41) is 6.98. The summed E-state index contributed by atoms with van der Waals surface area (Å²) in [5.74, 6) is -3.31. The van der Waals surface area contributed by atoms with Crippen LogP contribution in [0.25, 0.3) is 5.69 Å². The van der Waals surface area contributed by atoms with Crippen LogP contribution >= 0.6 is 0 Å². The van der Waals surface area contributed by atoms with Gasteiger partial charge < -0.3 is 10.1 Å². The largest absolute Gasteiger partial charge is 0.497 e. The number of Topliss-reactive ketones (excluding diaryl/α,β-unsaturated/α-hetero) is 1. The van der Waals surface area contributed by atoms with Crippen molar-refractivity contribution >= 4 is 17.4 Å². The summed E-state index contributed by atoms with van der Waals surface area (Å²) < 4.78 is 34.6. The normalized spacial score (nSPS) is 11.3. The fraction of sp³-hybridized carbons (Fsp3) is 0.261. The summed E-state index contributed by atoms with van der Waals surface area (Å²) in [4.78, 5) is 25.4. The first-order chi connectivity index (χ1) is 14.7. The second-order valence-electron chi connectivity index (χ2n) is 7.07. The number of methoxy groups -OCH3 is 1. The number of ether oxygens (including phenoxy) is 1. The van der Waals surface area contributed by atoms with Crippen molar-refractivity contribution in [2.75, 3.05) is 12.4 Å². The third-order valence-corrected chi connectivity index (χ3v) is 4.92. The minimum absolute atomic E-state index is 0.0935. The van der Waals surface area contributed by atoms with Crippen molar-refractivity contribution in [3.8, 4) is 11.4 Å². The van der Waals surface area contributed by atoms with Gasteiger partial charge in [-0.15, -0.1) is 0 Å². The molecule has 8 heteroatoms. The number of carbonyl (C=O) groups excluding carboxylic acids is 2. The highest BCUT2D eigenvalue weighted by molar-refractivity contribution is 6.12. The van der Waals surface area contributed by atoms with Crippen LogP contribution in [0, 0.1) is 6.92 Å². The zero-order chi connectivity index (χ0) is 22.8. The number of alkyl halides is 2. The maximum Gasteiger partial charge on any atom is 0.273 e. The molecule has 0 radical (unpaired) electrons. The van der Waals surface area contributed by atoms with Crippen molar-refractivity contribution in [1.82, 2.24) is 9.78 Å². The van der Waals surface area contributed by atoms with Crippen LogP contribution in [0.5, 0.6) is 5.75 Å². The predicted molar refractivity (Wildman–Crippen MR) is 113 cm³/mol. The van der Waals surface area contributed by atoms with E-state index in [1.807, 2.05) is 0 Å². The molecular formula is C23H23F2N3O3. The molecule has 1 heterocycles. The zero-order valence-corrected chi connectivity index (χ0v) is 17.7. The topological polar surface area (TPSA) is 73.2 Å². The molecule has 0 saturated heterocycles. The lowest BCUT2D eigenvalue weighted by atomic mass is 10.1. The van der Waals surface area contributed by atoms with Gasteiger partial charge in [0.15, 0.2) is 5.78 Å². The molecule has 0 unspecified atom stereocenters. The van der Waals surface area contributed by atoms with Crippen molar-refractivity contribution in [2.24, 2.45) is 0 Å². The lowest BCUT2D eigenvalue weighted by Crippen LogP contribution is -2.18. The summed E-state index contributed by atoms with van der Waals surface area (Å²) in [6.07, 6.45) is -0.355. The van der Waals surface area contributed by atoms with E-state index >= 15 is 0 Å². The first-order valence-electron chi connectivity index (χ1n) is 9.72. The Balaban J connectivity index is 1.99. The lowest BCUT2D eigenvalue weighted by Gasteiger charge is -2.15. The lowest BCUT2D eigenvalue weighted by molar-refractivity contribution is -0.00825. The van der Waals surface area contributed by atoms with Gasteiger partial charge >= 0.3 is 0 Å². The second-order valence-corrected chi connectivity index (χ2v) is 7.07. The molecule has 0 aliphatic rings. The third-order valence-electron chi connectivity index (χ3n) is 4.92. The molecule has 31 heavy (non-hydrogen) atoms. The molecule has 0 aliphatic carbocycles. The van der Waals surface area contributed by atoms with E-state index in [9.17, 15) is 18.4 Å². The fourth-order valence-electron chi connectivity index (χ4n) is 3.26. The second kappa shape index (κ2) is 8.67. The molecule has 2 aromatic carbocycles. The number of hydrogen-bond donors (Lipinski definition) is 1. The zero-order valence-electron chi connectivity index (χ0n) is 17.7. The minimum atomic E-state index is -3.00. The summed E-state index contributed by atoms with van der Waals surface area (Å²) in [6.45, 7) is 4.35. The minimum Gasteiger partial charge on any atom is -0.497 e. The van der Waals surface area contributed by atoms with Gasteiger partial charge in [-0.25, -0.2) is 13.5 Å². The smallest absolute Gasteiger partial charge is 0.273 e. The standard InChI is InChI=1S/C23H23F2N3O3/c1-5-23(24,25)16-7-6-8-17(13-16)26-22(30)20-14(2)27-28(21(20)15(3)29)18-9-11-19(31-4)12-10-18/h6-13H,5H2,1-4H3,(H,26,30). The molecule has 3 aromatic rings. The number of anilines is 1. The molecule has 0 bridgehead atoms. The van der Waals surface area contributed by atoms with E-state index in [-0.39, 0.29) is 34.7 Å². The number of hydrogen-bond acceptors (Lipinski definition) is 4. The van der Waals surface area contributed by atoms with Gasteiger partial charge in [0.2, 0.25) is 0 Å². The van der Waals surface area contributed by atoms with Gasteiger partial charge in [0.1, 0.15) is 11.4 Å². The van der Waals surface area contributed by atoms with E-state index in [2.05, 4.69) is 10.4 Å². The van der Waals surface area contributed by atoms with Crippen molar-refractivity contribution in [2.45, 2.75) is 33.1 Å². The number of aromatic nitrogens is 2. The Kier molecular flexibility index (Phi) is 6.19. The van der Waals surface area contributed by atoms with Crippen LogP contribution in [0.4, 0.5) is 14.5 Å². The van der Waals surface area contributed by atoms with Gasteiger partial charge in [-0.1, -0.05) is 19.1 Å². The Morgan fingerprint density at radius 2 is 1.84 bits per heavy atom. The van der Waals surface area contributed by atoms with E-state index < -0.39 is 11.8 Å². The van der Waals surface area contributed by atoms with Crippen LogP contribution in [0.2, 0.25) is 0 Å². The van der Waals surface area contributed by atoms with E-state index in [1.54, 1.807) is 38.3 Å². The number of amides is 1. The van der Waals surface area contributed by atoms with Gasteiger partial charge in [-0.2, -0.15) is 5.10 Å². The summed E-state index contributed by atoms with van der Waals surface area (Å²) in [5.41, 5.74) is 1.14. The summed E-state index contributed by atoms with van der Waals surface area (Å²) in [7, 11) is 1.54. The number of ketones is 1. The highest BCUT2D eigenvalue weighted by Crippen LogP contribution is 2.32. The highest BCUT2D eigenvalue weighted by Gasteiger charge is 2.30. The maximum absolute atomic E-state index is 14.0. The van der Waals surface area contributed by atoms with Gasteiger partial charge in [0.05, 0.1) is 24.1 Å². The molecule has 1 aromatic heterocycles. The monoisotopic (exact) mass is 427 g/mol. The van der Waals surface area contributed by atoms with Crippen LogP contribution in [0.1, 0.15) is 52.4 Å². The number of halogens is 2. The number of rotatable bonds is 7. The van der Waals surface area contributed by atoms with Crippen LogP contribution < -0.4 is 10.1 Å². The molecule has 162 valence electrons. The highest BCUT2D eigenvalue weighted by atomic mass is 19.3. The van der Waals surface area contributed by atoms with E-state index in [4.69, 9.17) is 4.74 Å². The molecule has 6 nitrogen and oxygen atoms in total. The Morgan fingerprint density at radius 1 is 1.16 bits per heavy atom. The van der Waals surface area contributed by atoms with Crippen molar-refractivity contribution in [1.29, 1.82) is 0 Å². The molecule has 0 fully saturated rings. The molecular weight excluding hydrogens is 404 g/mol. The first kappa shape index (κ1) is 22.1. The van der Waals surface area contributed by atoms with E-state index in [1.165, 1.54) is 42.8 Å². The average molecular weight is 427 g/mol. The fourth-order valence-corrected chi connectivity index (χ4v) is 3.26. The van der Waals surface area contributed by atoms with Crippen LogP contribution in [-0.2, 0) is 5.92 Å². The summed E-state index contributed by atoms with van der Waals surface area (Å²) >= 11 is 0. The van der Waals surface area contributed by atoms with Crippen molar-refractivity contribution < 1.29 is 23.1 Å². The molecule has 3 rings (SSSR count). The Bertz CT molecular complexity index is 1120. The van der Waals surface area contributed by atoms with Crippen molar-refractivity contribution in [3.05, 3.63) is 71.0 Å². The Labute approximate surface area is 178 Å². The van der Waals surface area contributed by atoms with Gasteiger partial charge in [0, 0.05) is 24.6 Å². The molecule has 0 atom stereocenters. The molecule has 0 saturated carbocycles. The first-order valence-corrected chi connectivity index (χ1v) is 9.72. The number of carbonyl (C=O) groups is 2. The molecule has 1 amide bonds. The summed E-state index contributed by atoms with van der Waals surface area (Å²) in [6, 6.07) is 12.4. The van der Waals surface area contributed by atoms with Gasteiger partial charge in [-0.05, 0) is 43.3 Å². The average Bonchev–Trinajstić information content (AvgIpc) is 3.11. The van der Waals surface area contributed by atoms with Crippen LogP contribution in [0.3, 0.4) is 0 Å². The van der Waals surface area contributed by atoms with E-state index in [0.29, 0.717) is 17.1 Å².